The number of aromatic nitrogens is 4. The van der Waals surface area contributed by atoms with Crippen LogP contribution in [0.25, 0.3) is 11.4 Å². The largest absolute Gasteiger partial charge is 0.345 e. The molecule has 0 fully saturated rings. The third-order valence-electron chi connectivity index (χ3n) is 2.07. The highest BCUT2D eigenvalue weighted by molar-refractivity contribution is 9.10. The number of H-pyrrole nitrogens is 1. The summed E-state index contributed by atoms with van der Waals surface area (Å²) in [5.41, 5.74) is 1.09. The molecule has 3 aromatic rings. The highest BCUT2D eigenvalue weighted by Gasteiger charge is 1.98. The normalized spacial score (nSPS) is 9.39. The third kappa shape index (κ3) is 3.78. The highest BCUT2D eigenvalue weighted by Crippen LogP contribution is 2.18. The minimum atomic E-state index is 0.899. The van der Waals surface area contributed by atoms with Gasteiger partial charge in [-0.25, -0.2) is 15.0 Å². The molecule has 1 aromatic carbocycles. The van der Waals surface area contributed by atoms with Crippen LogP contribution in [0.15, 0.2) is 65.9 Å². The van der Waals surface area contributed by atoms with E-state index in [1.54, 1.807) is 24.7 Å². The fourth-order valence-corrected chi connectivity index (χ4v) is 1.71. The molecule has 0 aliphatic rings. The quantitative estimate of drug-likeness (QED) is 0.750. The predicted octanol–water partition coefficient (Wildman–Crippen LogP) is 3.32. The molecular formula is C13H11BrN4. The topological polar surface area (TPSA) is 54.5 Å². The van der Waals surface area contributed by atoms with Crippen molar-refractivity contribution in [2.24, 2.45) is 0 Å². The Morgan fingerprint density at radius 1 is 1.00 bits per heavy atom. The Balaban J connectivity index is 0.000000169. The molecule has 0 spiro atoms. The van der Waals surface area contributed by atoms with Crippen LogP contribution in [-0.4, -0.2) is 19.9 Å². The van der Waals surface area contributed by atoms with Crippen molar-refractivity contribution in [3.05, 3.63) is 65.9 Å². The van der Waals surface area contributed by atoms with Crippen LogP contribution in [0.4, 0.5) is 0 Å². The lowest BCUT2D eigenvalue weighted by Crippen LogP contribution is -1.78. The molecule has 0 aliphatic heterocycles. The average Bonchev–Trinajstić information content (AvgIpc) is 2.95. The minimum absolute atomic E-state index is 0.899. The van der Waals surface area contributed by atoms with Gasteiger partial charge < -0.3 is 4.98 Å². The second-order valence-electron chi connectivity index (χ2n) is 3.35. The number of hydrogen-bond acceptors (Lipinski definition) is 3. The molecule has 0 radical (unpaired) electrons. The van der Waals surface area contributed by atoms with Gasteiger partial charge >= 0.3 is 0 Å². The molecule has 0 amide bonds. The molecule has 4 nitrogen and oxygen atoms in total. The second kappa shape index (κ2) is 6.66. The molecule has 0 aliphatic carbocycles. The summed E-state index contributed by atoms with van der Waals surface area (Å²) in [4.78, 5) is 14.5. The number of aromatic amines is 1. The Morgan fingerprint density at radius 3 is 2.33 bits per heavy atom. The monoisotopic (exact) mass is 302 g/mol. The zero-order valence-electron chi connectivity index (χ0n) is 9.49. The molecule has 0 unspecified atom stereocenters. The van der Waals surface area contributed by atoms with Gasteiger partial charge in [0.2, 0.25) is 0 Å². The first-order valence-electron chi connectivity index (χ1n) is 5.31. The van der Waals surface area contributed by atoms with E-state index in [2.05, 4.69) is 35.9 Å². The maximum atomic E-state index is 4.15. The Bertz CT molecular complexity index is 540. The lowest BCUT2D eigenvalue weighted by Gasteiger charge is -1.95. The summed E-state index contributed by atoms with van der Waals surface area (Å²) in [6.45, 7) is 0. The summed E-state index contributed by atoms with van der Waals surface area (Å²) in [6, 6.07) is 9.80. The van der Waals surface area contributed by atoms with Gasteiger partial charge in [-0.1, -0.05) is 28.1 Å². The highest BCUT2D eigenvalue weighted by atomic mass is 79.9. The Hall–Kier alpha value is -2.01. The maximum Gasteiger partial charge on any atom is 0.137 e. The molecule has 18 heavy (non-hydrogen) atoms. The van der Waals surface area contributed by atoms with E-state index >= 15 is 0 Å². The summed E-state index contributed by atoms with van der Waals surface area (Å²) in [5.74, 6) is 0.899. The molecule has 90 valence electrons. The van der Waals surface area contributed by atoms with Crippen LogP contribution in [0, 0.1) is 0 Å². The van der Waals surface area contributed by atoms with Crippen LogP contribution in [0.1, 0.15) is 0 Å². The van der Waals surface area contributed by atoms with Gasteiger partial charge in [0.05, 0.1) is 0 Å². The van der Waals surface area contributed by atoms with E-state index in [1.165, 1.54) is 6.33 Å². The molecule has 0 saturated heterocycles. The summed E-state index contributed by atoms with van der Waals surface area (Å²) in [7, 11) is 0. The van der Waals surface area contributed by atoms with Crippen molar-refractivity contribution in [2.45, 2.75) is 0 Å². The van der Waals surface area contributed by atoms with E-state index in [9.17, 15) is 0 Å². The van der Waals surface area contributed by atoms with Crippen molar-refractivity contribution in [3.63, 3.8) is 0 Å². The number of hydrogen-bond donors (Lipinski definition) is 1. The van der Waals surface area contributed by atoms with E-state index in [1.807, 2.05) is 30.5 Å². The predicted molar refractivity (Wildman–Crippen MR) is 73.8 cm³/mol. The summed E-state index contributed by atoms with van der Waals surface area (Å²) < 4.78 is 1.07. The molecule has 5 heteroatoms. The Morgan fingerprint density at radius 2 is 1.83 bits per heavy atom. The van der Waals surface area contributed by atoms with Crippen LogP contribution in [-0.2, 0) is 0 Å². The third-order valence-corrected chi connectivity index (χ3v) is 2.57. The minimum Gasteiger partial charge on any atom is -0.345 e. The SMILES string of the molecule is Brc1cccc(-c2ncc[nH]2)c1.c1cncnc1. The van der Waals surface area contributed by atoms with Crippen molar-refractivity contribution < 1.29 is 0 Å². The molecule has 0 atom stereocenters. The number of rotatable bonds is 1. The number of halogens is 1. The van der Waals surface area contributed by atoms with Crippen molar-refractivity contribution in [1.82, 2.24) is 19.9 Å². The maximum absolute atomic E-state index is 4.15. The number of imidazole rings is 1. The standard InChI is InChI=1S/C9H7BrN2.C4H4N2/c10-8-3-1-2-7(6-8)9-11-4-5-12-9;1-2-5-4-6-3-1/h1-6H,(H,11,12);1-4H. The smallest absolute Gasteiger partial charge is 0.137 e. The lowest BCUT2D eigenvalue weighted by molar-refractivity contribution is 1.17. The second-order valence-corrected chi connectivity index (χ2v) is 4.27. The van der Waals surface area contributed by atoms with Gasteiger partial charge in [0.1, 0.15) is 12.2 Å². The average molecular weight is 303 g/mol. The number of nitrogens with one attached hydrogen (secondary N) is 1. The zero-order chi connectivity index (χ0) is 12.6. The van der Waals surface area contributed by atoms with Gasteiger partial charge in [0.25, 0.3) is 0 Å². The van der Waals surface area contributed by atoms with E-state index in [4.69, 9.17) is 0 Å². The zero-order valence-corrected chi connectivity index (χ0v) is 11.1. The van der Waals surface area contributed by atoms with Gasteiger partial charge in [-0.15, -0.1) is 0 Å². The molecule has 2 aromatic heterocycles. The van der Waals surface area contributed by atoms with Gasteiger partial charge in [0.15, 0.2) is 0 Å². The molecule has 0 saturated carbocycles. The Kier molecular flexibility index (Phi) is 4.60. The molecule has 1 N–H and O–H groups in total. The number of nitrogens with zero attached hydrogens (tertiary/aromatic N) is 3. The van der Waals surface area contributed by atoms with Gasteiger partial charge in [-0.3, -0.25) is 0 Å². The van der Waals surface area contributed by atoms with Crippen LogP contribution < -0.4 is 0 Å². The van der Waals surface area contributed by atoms with Crippen LogP contribution >= 0.6 is 15.9 Å². The summed E-state index contributed by atoms with van der Waals surface area (Å²) in [6.07, 6.45) is 8.44. The fraction of sp³-hybridized carbons (Fsp3) is 0. The van der Waals surface area contributed by atoms with E-state index in [0.717, 1.165) is 15.9 Å². The van der Waals surface area contributed by atoms with E-state index in [0.29, 0.717) is 0 Å². The first kappa shape index (κ1) is 12.4. The Labute approximate surface area is 113 Å². The van der Waals surface area contributed by atoms with E-state index < -0.39 is 0 Å². The summed E-state index contributed by atoms with van der Waals surface area (Å²) in [5, 5.41) is 0. The molecular weight excluding hydrogens is 292 g/mol. The molecule has 0 bridgehead atoms. The summed E-state index contributed by atoms with van der Waals surface area (Å²) >= 11 is 3.41. The number of benzene rings is 1. The van der Waals surface area contributed by atoms with Gasteiger partial charge in [-0.05, 0) is 18.2 Å². The van der Waals surface area contributed by atoms with Crippen LogP contribution in [0.3, 0.4) is 0 Å². The molecule has 3 rings (SSSR count). The van der Waals surface area contributed by atoms with Crippen molar-refractivity contribution in [3.8, 4) is 11.4 Å². The van der Waals surface area contributed by atoms with Crippen LogP contribution in [0.2, 0.25) is 0 Å². The molecule has 2 heterocycles. The van der Waals surface area contributed by atoms with Crippen molar-refractivity contribution in [2.75, 3.05) is 0 Å². The van der Waals surface area contributed by atoms with Gasteiger partial charge in [-0.2, -0.15) is 0 Å². The van der Waals surface area contributed by atoms with Crippen molar-refractivity contribution in [1.29, 1.82) is 0 Å². The first-order chi connectivity index (χ1) is 8.86. The fourth-order valence-electron chi connectivity index (χ4n) is 1.31. The van der Waals surface area contributed by atoms with E-state index in [-0.39, 0.29) is 0 Å². The van der Waals surface area contributed by atoms with Crippen LogP contribution in [0.5, 0.6) is 0 Å². The first-order valence-corrected chi connectivity index (χ1v) is 6.11. The lowest BCUT2D eigenvalue weighted by atomic mass is 10.2. The van der Waals surface area contributed by atoms with Gasteiger partial charge in [0, 0.05) is 34.8 Å². The van der Waals surface area contributed by atoms with Crippen molar-refractivity contribution >= 4 is 15.9 Å².